The molecule has 5 nitrogen and oxygen atoms in total. The minimum Gasteiger partial charge on any atom is -0.493 e. The molecule has 1 aromatic carbocycles. The fraction of sp³-hybridized carbons (Fsp3) is 0.500. The molecule has 166 valence electrons. The normalized spacial score (nSPS) is 11.5. The Morgan fingerprint density at radius 3 is 2.23 bits per heavy atom. The number of pyridine rings is 1. The van der Waals surface area contributed by atoms with E-state index >= 15 is 0 Å². The third-order valence-corrected chi connectivity index (χ3v) is 5.13. The van der Waals surface area contributed by atoms with Crippen molar-refractivity contribution >= 4 is 0 Å². The monoisotopic (exact) mass is 421 g/mol. The zero-order valence-electron chi connectivity index (χ0n) is 20.0. The third-order valence-electron chi connectivity index (χ3n) is 5.13. The van der Waals surface area contributed by atoms with Crippen molar-refractivity contribution in [2.45, 2.75) is 67.7 Å². The van der Waals surface area contributed by atoms with E-state index in [9.17, 15) is 0 Å². The van der Waals surface area contributed by atoms with E-state index in [-0.39, 0.29) is 0 Å². The second-order valence-corrected chi connectivity index (χ2v) is 9.24. The molecule has 31 heavy (non-hydrogen) atoms. The third kappa shape index (κ3) is 5.72. The molecular formula is C26H35N3O2. The Labute approximate surface area is 186 Å². The maximum absolute atomic E-state index is 5.89. The van der Waals surface area contributed by atoms with Gasteiger partial charge in [-0.25, -0.2) is 0 Å². The fourth-order valence-electron chi connectivity index (χ4n) is 3.81. The van der Waals surface area contributed by atoms with Gasteiger partial charge in [0.25, 0.3) is 5.89 Å². The minimum absolute atomic E-state index is 0.505. The molecule has 0 amide bonds. The highest BCUT2D eigenvalue weighted by Gasteiger charge is 2.16. The number of aromatic nitrogens is 3. The molecule has 5 heteroatoms. The summed E-state index contributed by atoms with van der Waals surface area (Å²) in [6.45, 7) is 15.8. The summed E-state index contributed by atoms with van der Waals surface area (Å²) in [4.78, 5) is 9.43. The lowest BCUT2D eigenvalue weighted by molar-refractivity contribution is 0.313. The van der Waals surface area contributed by atoms with Crippen LogP contribution in [-0.2, 0) is 12.8 Å². The molecule has 0 bridgehead atoms. The average Bonchev–Trinajstić information content (AvgIpc) is 3.18. The molecule has 0 spiro atoms. The van der Waals surface area contributed by atoms with E-state index < -0.39 is 0 Å². The van der Waals surface area contributed by atoms with Gasteiger partial charge in [0.15, 0.2) is 0 Å². The van der Waals surface area contributed by atoms with Crippen molar-refractivity contribution in [3.05, 3.63) is 46.8 Å². The number of ether oxygens (including phenoxy) is 1. The van der Waals surface area contributed by atoms with Crippen LogP contribution >= 0.6 is 0 Å². The molecule has 0 fully saturated rings. The lowest BCUT2D eigenvalue weighted by Crippen LogP contribution is -2.06. The number of hydrogen-bond acceptors (Lipinski definition) is 5. The van der Waals surface area contributed by atoms with E-state index in [2.05, 4.69) is 76.8 Å². The summed E-state index contributed by atoms with van der Waals surface area (Å²) in [6, 6.07) is 6.28. The second-order valence-electron chi connectivity index (χ2n) is 9.24. The molecular weight excluding hydrogens is 386 g/mol. The zero-order valence-corrected chi connectivity index (χ0v) is 20.0. The van der Waals surface area contributed by atoms with E-state index in [1.807, 2.05) is 6.20 Å². The molecule has 0 saturated heterocycles. The van der Waals surface area contributed by atoms with Gasteiger partial charge in [-0.2, -0.15) is 4.98 Å². The summed E-state index contributed by atoms with van der Waals surface area (Å²) in [5, 5.41) is 4.24. The first-order valence-electron chi connectivity index (χ1n) is 11.3. The molecule has 0 atom stereocenters. The van der Waals surface area contributed by atoms with Gasteiger partial charge in [-0.1, -0.05) is 39.8 Å². The summed E-state index contributed by atoms with van der Waals surface area (Å²) in [6.07, 6.45) is 4.80. The van der Waals surface area contributed by atoms with Crippen molar-refractivity contribution in [3.8, 4) is 28.6 Å². The van der Waals surface area contributed by atoms with Crippen LogP contribution in [-0.4, -0.2) is 21.7 Å². The first kappa shape index (κ1) is 23.0. The average molecular weight is 422 g/mol. The molecule has 0 saturated carbocycles. The van der Waals surface area contributed by atoms with Crippen molar-refractivity contribution in [3.63, 3.8) is 0 Å². The van der Waals surface area contributed by atoms with E-state index in [1.165, 1.54) is 11.3 Å². The minimum atomic E-state index is 0.505. The Bertz CT molecular complexity index is 998. The standard InChI is InChI=1S/C26H35N3O2/c1-8-9-30-24-18(6)12-21(13-19(24)7)25-28-26(31-29-25)22-14-20(10-16(2)3)23(27-15-22)11-17(4)5/h12-17H,8-11H2,1-7H3. The number of nitrogens with zero attached hydrogens (tertiary/aromatic N) is 3. The van der Waals surface area contributed by atoms with Crippen molar-refractivity contribution < 1.29 is 9.26 Å². The maximum Gasteiger partial charge on any atom is 0.259 e. The van der Waals surface area contributed by atoms with Gasteiger partial charge in [0.05, 0.1) is 12.2 Å². The summed E-state index contributed by atoms with van der Waals surface area (Å²) in [7, 11) is 0. The van der Waals surface area contributed by atoms with Crippen LogP contribution in [0.2, 0.25) is 0 Å². The highest BCUT2D eigenvalue weighted by molar-refractivity contribution is 5.63. The fourth-order valence-corrected chi connectivity index (χ4v) is 3.81. The molecule has 0 radical (unpaired) electrons. The predicted molar refractivity (Wildman–Crippen MR) is 125 cm³/mol. The van der Waals surface area contributed by atoms with Gasteiger partial charge in [-0.3, -0.25) is 4.98 Å². The first-order chi connectivity index (χ1) is 14.8. The van der Waals surface area contributed by atoms with E-state index in [0.717, 1.165) is 47.3 Å². The largest absolute Gasteiger partial charge is 0.493 e. The van der Waals surface area contributed by atoms with E-state index in [0.29, 0.717) is 30.2 Å². The topological polar surface area (TPSA) is 61.0 Å². The van der Waals surface area contributed by atoms with Gasteiger partial charge in [0, 0.05) is 17.5 Å². The summed E-state index contributed by atoms with van der Waals surface area (Å²) >= 11 is 0. The Balaban J connectivity index is 1.91. The van der Waals surface area contributed by atoms with Crippen molar-refractivity contribution in [1.29, 1.82) is 0 Å². The van der Waals surface area contributed by atoms with Crippen LogP contribution in [0.3, 0.4) is 0 Å². The van der Waals surface area contributed by atoms with Crippen molar-refractivity contribution in [1.82, 2.24) is 15.1 Å². The molecule has 0 unspecified atom stereocenters. The molecule has 0 aliphatic heterocycles. The maximum atomic E-state index is 5.89. The summed E-state index contributed by atoms with van der Waals surface area (Å²) in [5.41, 5.74) is 6.40. The van der Waals surface area contributed by atoms with Crippen LogP contribution in [0.1, 0.15) is 63.4 Å². The lowest BCUT2D eigenvalue weighted by Gasteiger charge is -2.13. The Kier molecular flexibility index (Phi) is 7.47. The lowest BCUT2D eigenvalue weighted by atomic mass is 9.96. The Morgan fingerprint density at radius 2 is 1.61 bits per heavy atom. The zero-order chi connectivity index (χ0) is 22.5. The number of benzene rings is 1. The molecule has 0 aliphatic rings. The first-order valence-corrected chi connectivity index (χ1v) is 11.3. The van der Waals surface area contributed by atoms with Crippen LogP contribution in [0, 0.1) is 25.7 Å². The van der Waals surface area contributed by atoms with Gasteiger partial charge in [-0.15, -0.1) is 0 Å². The second kappa shape index (κ2) is 10.1. The van der Waals surface area contributed by atoms with Crippen LogP contribution in [0.5, 0.6) is 5.75 Å². The Morgan fingerprint density at radius 1 is 0.935 bits per heavy atom. The number of rotatable bonds is 9. The van der Waals surface area contributed by atoms with Crippen molar-refractivity contribution in [2.24, 2.45) is 11.8 Å². The predicted octanol–water partition coefficient (Wildman–Crippen LogP) is 6.60. The smallest absolute Gasteiger partial charge is 0.259 e. The van der Waals surface area contributed by atoms with Crippen LogP contribution < -0.4 is 4.74 Å². The van der Waals surface area contributed by atoms with Gasteiger partial charge in [-0.05, 0) is 79.8 Å². The van der Waals surface area contributed by atoms with Crippen LogP contribution in [0.4, 0.5) is 0 Å². The van der Waals surface area contributed by atoms with Gasteiger partial charge in [0.2, 0.25) is 5.82 Å². The van der Waals surface area contributed by atoms with Gasteiger partial charge in [0.1, 0.15) is 5.75 Å². The molecule has 0 N–H and O–H groups in total. The number of aryl methyl sites for hydroxylation is 2. The highest BCUT2D eigenvalue weighted by atomic mass is 16.5. The SMILES string of the molecule is CCCOc1c(C)cc(-c2noc(-c3cnc(CC(C)C)c(CC(C)C)c3)n2)cc1C. The molecule has 2 aromatic heterocycles. The van der Waals surface area contributed by atoms with Crippen LogP contribution in [0.25, 0.3) is 22.8 Å². The number of hydrogen-bond donors (Lipinski definition) is 0. The van der Waals surface area contributed by atoms with Gasteiger partial charge < -0.3 is 9.26 Å². The Hall–Kier alpha value is -2.69. The van der Waals surface area contributed by atoms with Crippen LogP contribution in [0.15, 0.2) is 28.9 Å². The molecule has 2 heterocycles. The van der Waals surface area contributed by atoms with E-state index in [4.69, 9.17) is 14.2 Å². The van der Waals surface area contributed by atoms with Crippen molar-refractivity contribution in [2.75, 3.05) is 6.61 Å². The molecule has 3 aromatic rings. The summed E-state index contributed by atoms with van der Waals surface area (Å²) in [5.74, 6) is 3.15. The van der Waals surface area contributed by atoms with Gasteiger partial charge >= 0.3 is 0 Å². The molecule has 0 aliphatic carbocycles. The quantitative estimate of drug-likeness (QED) is 0.389. The summed E-state index contributed by atoms with van der Waals surface area (Å²) < 4.78 is 11.5. The van der Waals surface area contributed by atoms with E-state index in [1.54, 1.807) is 0 Å². The highest BCUT2D eigenvalue weighted by Crippen LogP contribution is 2.31. The molecule has 3 rings (SSSR count).